The highest BCUT2D eigenvalue weighted by atomic mass is 16.5. The summed E-state index contributed by atoms with van der Waals surface area (Å²) in [4.78, 5) is 21.8. The van der Waals surface area contributed by atoms with Gasteiger partial charge in [-0.2, -0.15) is 0 Å². The van der Waals surface area contributed by atoms with Gasteiger partial charge in [-0.05, 0) is 30.7 Å². The van der Waals surface area contributed by atoms with Crippen LogP contribution in [0.2, 0.25) is 0 Å². The molecule has 0 amide bonds. The van der Waals surface area contributed by atoms with Crippen molar-refractivity contribution in [3.8, 4) is 11.3 Å². The van der Waals surface area contributed by atoms with Crippen LogP contribution in [0, 0.1) is 6.92 Å². The molecule has 4 aromatic rings. The van der Waals surface area contributed by atoms with E-state index < -0.39 is 0 Å². The van der Waals surface area contributed by atoms with Crippen molar-refractivity contribution >= 4 is 11.6 Å². The standard InChI is InChI=1S/C22H20N6O/c1-16-25-13-19(21(26-16)15-29-14-17-5-3-2-4-6-17)20-9-12-24-22(28-20)27-18-7-10-23-11-8-18/h2-13H,14-15H2,1H3,(H,23,24,27,28). The number of ether oxygens (including phenoxy) is 1. The second kappa shape index (κ2) is 8.99. The number of pyridine rings is 1. The van der Waals surface area contributed by atoms with Gasteiger partial charge in [0.05, 0.1) is 24.6 Å². The van der Waals surface area contributed by atoms with Crippen LogP contribution < -0.4 is 5.32 Å². The largest absolute Gasteiger partial charge is 0.370 e. The summed E-state index contributed by atoms with van der Waals surface area (Å²) < 4.78 is 5.89. The summed E-state index contributed by atoms with van der Waals surface area (Å²) >= 11 is 0. The van der Waals surface area contributed by atoms with Crippen LogP contribution in [0.25, 0.3) is 11.3 Å². The molecule has 1 N–H and O–H groups in total. The molecule has 7 heteroatoms. The molecule has 0 radical (unpaired) electrons. The van der Waals surface area contributed by atoms with E-state index in [-0.39, 0.29) is 0 Å². The molecule has 0 atom stereocenters. The molecule has 144 valence electrons. The first-order valence-corrected chi connectivity index (χ1v) is 9.22. The quantitative estimate of drug-likeness (QED) is 0.513. The van der Waals surface area contributed by atoms with E-state index in [1.165, 1.54) is 0 Å². The molecule has 1 aromatic carbocycles. The zero-order valence-electron chi connectivity index (χ0n) is 16.0. The van der Waals surface area contributed by atoms with Gasteiger partial charge in [-0.25, -0.2) is 19.9 Å². The lowest BCUT2D eigenvalue weighted by atomic mass is 10.1. The Hall–Kier alpha value is -3.71. The molecule has 0 aliphatic carbocycles. The van der Waals surface area contributed by atoms with Crippen molar-refractivity contribution in [2.45, 2.75) is 20.1 Å². The number of aryl methyl sites for hydroxylation is 1. The Morgan fingerprint density at radius 1 is 0.862 bits per heavy atom. The van der Waals surface area contributed by atoms with Crippen molar-refractivity contribution in [3.63, 3.8) is 0 Å². The van der Waals surface area contributed by atoms with Gasteiger partial charge in [-0.3, -0.25) is 4.98 Å². The van der Waals surface area contributed by atoms with Crippen LogP contribution in [0.5, 0.6) is 0 Å². The van der Waals surface area contributed by atoms with Crippen LogP contribution in [-0.2, 0) is 18.0 Å². The van der Waals surface area contributed by atoms with Crippen molar-refractivity contribution in [3.05, 3.63) is 90.4 Å². The molecule has 0 aliphatic rings. The average Bonchev–Trinajstić information content (AvgIpc) is 2.76. The van der Waals surface area contributed by atoms with Gasteiger partial charge in [0.15, 0.2) is 0 Å². The van der Waals surface area contributed by atoms with Gasteiger partial charge in [-0.15, -0.1) is 0 Å². The summed E-state index contributed by atoms with van der Waals surface area (Å²) in [6, 6.07) is 15.6. The lowest BCUT2D eigenvalue weighted by Gasteiger charge is -2.11. The van der Waals surface area contributed by atoms with Gasteiger partial charge in [0, 0.05) is 36.0 Å². The van der Waals surface area contributed by atoms with Gasteiger partial charge in [0.2, 0.25) is 5.95 Å². The van der Waals surface area contributed by atoms with Crippen LogP contribution in [0.1, 0.15) is 17.1 Å². The molecule has 4 rings (SSSR count). The van der Waals surface area contributed by atoms with Crippen LogP contribution >= 0.6 is 0 Å². The highest BCUT2D eigenvalue weighted by molar-refractivity contribution is 5.63. The molecular formula is C22H20N6O. The number of rotatable bonds is 7. The first-order chi connectivity index (χ1) is 14.3. The maximum atomic E-state index is 5.89. The number of anilines is 2. The Bertz CT molecular complexity index is 1070. The van der Waals surface area contributed by atoms with E-state index >= 15 is 0 Å². The van der Waals surface area contributed by atoms with E-state index in [4.69, 9.17) is 4.74 Å². The van der Waals surface area contributed by atoms with Crippen molar-refractivity contribution in [1.82, 2.24) is 24.9 Å². The third-order valence-corrected chi connectivity index (χ3v) is 4.21. The van der Waals surface area contributed by atoms with E-state index in [1.54, 1.807) is 24.8 Å². The second-order valence-electron chi connectivity index (χ2n) is 6.38. The SMILES string of the molecule is Cc1ncc(-c2ccnc(Nc3ccncc3)n2)c(COCc2ccccc2)n1. The molecule has 0 saturated carbocycles. The third kappa shape index (κ3) is 4.97. The van der Waals surface area contributed by atoms with E-state index in [0.717, 1.165) is 28.2 Å². The number of nitrogens with zero attached hydrogens (tertiary/aromatic N) is 5. The van der Waals surface area contributed by atoms with Crippen molar-refractivity contribution in [1.29, 1.82) is 0 Å². The third-order valence-electron chi connectivity index (χ3n) is 4.21. The number of nitrogens with one attached hydrogen (secondary N) is 1. The van der Waals surface area contributed by atoms with Crippen LogP contribution in [0.4, 0.5) is 11.6 Å². The lowest BCUT2D eigenvalue weighted by Crippen LogP contribution is -2.04. The average molecular weight is 384 g/mol. The Morgan fingerprint density at radius 2 is 1.69 bits per heavy atom. The number of benzene rings is 1. The van der Waals surface area contributed by atoms with Crippen molar-refractivity contribution in [2.24, 2.45) is 0 Å². The fraction of sp³-hybridized carbons (Fsp3) is 0.136. The normalized spacial score (nSPS) is 10.7. The molecule has 0 saturated heterocycles. The van der Waals surface area contributed by atoms with E-state index in [2.05, 4.69) is 30.2 Å². The number of hydrogen-bond acceptors (Lipinski definition) is 7. The topological polar surface area (TPSA) is 85.7 Å². The predicted molar refractivity (Wildman–Crippen MR) is 110 cm³/mol. The van der Waals surface area contributed by atoms with Crippen LogP contribution in [0.3, 0.4) is 0 Å². The highest BCUT2D eigenvalue weighted by Gasteiger charge is 2.11. The fourth-order valence-corrected chi connectivity index (χ4v) is 2.81. The van der Waals surface area contributed by atoms with Gasteiger partial charge < -0.3 is 10.1 Å². The van der Waals surface area contributed by atoms with Crippen molar-refractivity contribution < 1.29 is 4.74 Å². The van der Waals surface area contributed by atoms with Crippen molar-refractivity contribution in [2.75, 3.05) is 5.32 Å². The minimum Gasteiger partial charge on any atom is -0.370 e. The summed E-state index contributed by atoms with van der Waals surface area (Å²) in [5.41, 5.74) is 4.33. The summed E-state index contributed by atoms with van der Waals surface area (Å²) in [5.74, 6) is 1.18. The van der Waals surface area contributed by atoms with Gasteiger partial charge >= 0.3 is 0 Å². The minimum atomic E-state index is 0.366. The Kier molecular flexibility index (Phi) is 5.78. The van der Waals surface area contributed by atoms with E-state index in [1.807, 2.05) is 55.5 Å². The maximum Gasteiger partial charge on any atom is 0.227 e. The molecule has 0 bridgehead atoms. The molecule has 29 heavy (non-hydrogen) atoms. The molecule has 0 spiro atoms. The van der Waals surface area contributed by atoms with Gasteiger partial charge in [0.1, 0.15) is 5.82 Å². The van der Waals surface area contributed by atoms with E-state index in [0.29, 0.717) is 25.0 Å². The van der Waals surface area contributed by atoms with Crippen LogP contribution in [0.15, 0.2) is 73.3 Å². The Morgan fingerprint density at radius 3 is 2.52 bits per heavy atom. The Labute approximate surface area is 168 Å². The first kappa shape index (κ1) is 18.6. The predicted octanol–water partition coefficient (Wildman–Crippen LogP) is 4.10. The number of aromatic nitrogens is 5. The first-order valence-electron chi connectivity index (χ1n) is 9.22. The molecule has 7 nitrogen and oxygen atoms in total. The molecule has 3 aromatic heterocycles. The summed E-state index contributed by atoms with van der Waals surface area (Å²) in [7, 11) is 0. The number of hydrogen-bond donors (Lipinski definition) is 1. The maximum absolute atomic E-state index is 5.89. The van der Waals surface area contributed by atoms with Gasteiger partial charge in [0.25, 0.3) is 0 Å². The molecule has 0 fully saturated rings. The lowest BCUT2D eigenvalue weighted by molar-refractivity contribution is 0.105. The van der Waals surface area contributed by atoms with Gasteiger partial charge in [-0.1, -0.05) is 30.3 Å². The summed E-state index contributed by atoms with van der Waals surface area (Å²) in [5, 5.41) is 3.18. The fourth-order valence-electron chi connectivity index (χ4n) is 2.81. The second-order valence-corrected chi connectivity index (χ2v) is 6.38. The smallest absolute Gasteiger partial charge is 0.227 e. The Balaban J connectivity index is 1.54. The molecule has 0 unspecified atom stereocenters. The highest BCUT2D eigenvalue weighted by Crippen LogP contribution is 2.22. The van der Waals surface area contributed by atoms with Crippen LogP contribution in [-0.4, -0.2) is 24.9 Å². The summed E-state index contributed by atoms with van der Waals surface area (Å²) in [6.07, 6.45) is 6.91. The monoisotopic (exact) mass is 384 g/mol. The molecule has 3 heterocycles. The summed E-state index contributed by atoms with van der Waals surface area (Å²) in [6.45, 7) is 2.74. The molecular weight excluding hydrogens is 364 g/mol. The molecule has 0 aliphatic heterocycles. The van der Waals surface area contributed by atoms with E-state index in [9.17, 15) is 0 Å². The zero-order chi connectivity index (χ0) is 19.9. The minimum absolute atomic E-state index is 0.366. The zero-order valence-corrected chi connectivity index (χ0v) is 16.0.